The fraction of sp³-hybridized carbons (Fsp3) is 0.400. The largest absolute Gasteiger partial charge is 0.490 e. The minimum Gasteiger partial charge on any atom is -0.490 e. The molecule has 0 radical (unpaired) electrons. The predicted octanol–water partition coefficient (Wildman–Crippen LogP) is 2.81. The van der Waals surface area contributed by atoms with E-state index in [1.807, 2.05) is 30.0 Å². The number of aromatic nitrogens is 1. The van der Waals surface area contributed by atoms with Crippen LogP contribution in [-0.2, 0) is 0 Å². The summed E-state index contributed by atoms with van der Waals surface area (Å²) >= 11 is 0. The molecule has 8 heteroatoms. The Morgan fingerprint density at radius 1 is 1.18 bits per heavy atom. The molecule has 0 aliphatic carbocycles. The van der Waals surface area contributed by atoms with Gasteiger partial charge in [-0.25, -0.2) is 18.6 Å². The van der Waals surface area contributed by atoms with Gasteiger partial charge in [-0.05, 0) is 24.6 Å². The van der Waals surface area contributed by atoms with Gasteiger partial charge in [0.2, 0.25) is 0 Å². The van der Waals surface area contributed by atoms with Crippen LogP contribution in [-0.4, -0.2) is 55.2 Å². The molecular formula is C20H20F2N4O2. The van der Waals surface area contributed by atoms with E-state index in [2.05, 4.69) is 4.98 Å². The van der Waals surface area contributed by atoms with E-state index < -0.39 is 11.6 Å². The number of hydrogen-bond acceptors (Lipinski definition) is 4. The molecule has 1 aromatic heterocycles. The van der Waals surface area contributed by atoms with Gasteiger partial charge >= 0.3 is 6.03 Å². The van der Waals surface area contributed by atoms with Crippen LogP contribution in [0.15, 0.2) is 30.5 Å². The molecule has 3 aliphatic rings. The Kier molecular flexibility index (Phi) is 3.72. The average Bonchev–Trinajstić information content (AvgIpc) is 2.59. The Bertz CT molecular complexity index is 953. The van der Waals surface area contributed by atoms with Crippen LogP contribution in [0, 0.1) is 24.0 Å². The second kappa shape index (κ2) is 6.05. The van der Waals surface area contributed by atoms with E-state index in [0.29, 0.717) is 39.3 Å². The Morgan fingerprint density at radius 2 is 1.96 bits per heavy atom. The molecule has 146 valence electrons. The minimum absolute atomic E-state index is 0.0245. The van der Waals surface area contributed by atoms with Crippen LogP contribution in [0.1, 0.15) is 5.56 Å². The number of carbonyl (C=O) groups excluding carboxylic acids is 1. The number of anilines is 2. The van der Waals surface area contributed by atoms with Gasteiger partial charge in [0.05, 0.1) is 18.4 Å². The highest BCUT2D eigenvalue weighted by molar-refractivity contribution is 5.94. The number of rotatable bonds is 1. The lowest BCUT2D eigenvalue weighted by Crippen LogP contribution is -2.74. The molecule has 0 N–H and O–H groups in total. The Hall–Kier alpha value is -2.90. The highest BCUT2D eigenvalue weighted by atomic mass is 19.1. The number of nitrogens with zero attached hydrogens (tertiary/aromatic N) is 4. The smallest absolute Gasteiger partial charge is 0.324 e. The van der Waals surface area contributed by atoms with Gasteiger partial charge in [0.25, 0.3) is 0 Å². The van der Waals surface area contributed by atoms with Gasteiger partial charge in [-0.1, -0.05) is 6.07 Å². The topological polar surface area (TPSA) is 48.9 Å². The number of aryl methyl sites for hydroxylation is 1. The third-order valence-electron chi connectivity index (χ3n) is 5.67. The summed E-state index contributed by atoms with van der Waals surface area (Å²) in [6.07, 6.45) is 1.03. The van der Waals surface area contributed by atoms with E-state index in [0.717, 1.165) is 29.3 Å². The first-order valence-corrected chi connectivity index (χ1v) is 9.30. The van der Waals surface area contributed by atoms with E-state index in [1.54, 1.807) is 9.80 Å². The van der Waals surface area contributed by atoms with Crippen molar-refractivity contribution in [3.63, 3.8) is 0 Å². The van der Waals surface area contributed by atoms with Crippen molar-refractivity contribution in [2.45, 2.75) is 6.92 Å². The fourth-order valence-corrected chi connectivity index (χ4v) is 4.35. The summed E-state index contributed by atoms with van der Waals surface area (Å²) in [5.41, 5.74) is 1.86. The zero-order chi connectivity index (χ0) is 19.5. The number of carbonyl (C=O) groups is 1. The van der Waals surface area contributed by atoms with E-state index in [-0.39, 0.29) is 17.3 Å². The highest BCUT2D eigenvalue weighted by Crippen LogP contribution is 2.43. The molecule has 0 bridgehead atoms. The highest BCUT2D eigenvalue weighted by Gasteiger charge is 2.54. The molecule has 4 heterocycles. The molecule has 0 saturated carbocycles. The summed E-state index contributed by atoms with van der Waals surface area (Å²) < 4.78 is 32.6. The van der Waals surface area contributed by atoms with Crippen molar-refractivity contribution in [2.75, 3.05) is 49.1 Å². The van der Waals surface area contributed by atoms with Crippen molar-refractivity contribution in [3.8, 4) is 5.75 Å². The van der Waals surface area contributed by atoms with Gasteiger partial charge < -0.3 is 14.5 Å². The van der Waals surface area contributed by atoms with Gasteiger partial charge in [0, 0.05) is 37.7 Å². The normalized spacial score (nSPS) is 19.6. The lowest BCUT2D eigenvalue weighted by Gasteiger charge is -2.60. The van der Waals surface area contributed by atoms with Crippen LogP contribution >= 0.6 is 0 Å². The van der Waals surface area contributed by atoms with Crippen LogP contribution in [0.25, 0.3) is 0 Å². The zero-order valence-corrected chi connectivity index (χ0v) is 15.5. The summed E-state index contributed by atoms with van der Waals surface area (Å²) in [7, 11) is 0. The number of urea groups is 1. The molecule has 6 nitrogen and oxygen atoms in total. The van der Waals surface area contributed by atoms with Crippen molar-refractivity contribution in [2.24, 2.45) is 5.41 Å². The molecular weight excluding hydrogens is 366 g/mol. The Labute approximate surface area is 161 Å². The van der Waals surface area contributed by atoms with Crippen molar-refractivity contribution in [3.05, 3.63) is 47.7 Å². The van der Waals surface area contributed by atoms with E-state index in [4.69, 9.17) is 4.74 Å². The predicted molar refractivity (Wildman–Crippen MR) is 99.8 cm³/mol. The third kappa shape index (κ3) is 2.66. The standard InChI is InChI=1S/C20H20F2N4O2/c1-13-2-3-16-17(6-13)28-5-4-26(16)19(27)25-11-20(12-25)9-24(10-20)18-15(22)7-14(21)8-23-18/h2-3,6-8H,4-5,9-12H2,1H3. The molecule has 2 amide bonds. The van der Waals surface area contributed by atoms with Gasteiger partial charge in [-0.15, -0.1) is 0 Å². The molecule has 0 atom stereocenters. The lowest BCUT2D eigenvalue weighted by molar-refractivity contribution is 0.00891. The maximum absolute atomic E-state index is 13.9. The van der Waals surface area contributed by atoms with Crippen molar-refractivity contribution < 1.29 is 18.3 Å². The van der Waals surface area contributed by atoms with Crippen LogP contribution < -0.4 is 14.5 Å². The summed E-state index contributed by atoms with van der Waals surface area (Å²) in [6, 6.07) is 6.66. The summed E-state index contributed by atoms with van der Waals surface area (Å²) in [6.45, 7) is 5.48. The SMILES string of the molecule is Cc1ccc2c(c1)OCCN2C(=O)N1CC2(C1)CN(c1ncc(F)cc1F)C2. The minimum atomic E-state index is -0.683. The molecule has 28 heavy (non-hydrogen) atoms. The molecule has 2 aromatic rings. The summed E-state index contributed by atoms with van der Waals surface area (Å²) in [4.78, 5) is 22.2. The number of halogens is 2. The Balaban J connectivity index is 1.23. The van der Waals surface area contributed by atoms with Gasteiger partial charge in [0.1, 0.15) is 18.2 Å². The van der Waals surface area contributed by atoms with Gasteiger partial charge in [-0.2, -0.15) is 0 Å². The molecule has 1 aromatic carbocycles. The zero-order valence-electron chi connectivity index (χ0n) is 15.5. The number of pyridine rings is 1. The van der Waals surface area contributed by atoms with E-state index in [9.17, 15) is 13.6 Å². The molecule has 0 unspecified atom stereocenters. The van der Waals surface area contributed by atoms with Crippen LogP contribution in [0.3, 0.4) is 0 Å². The van der Waals surface area contributed by atoms with E-state index in [1.165, 1.54) is 0 Å². The summed E-state index contributed by atoms with van der Waals surface area (Å²) in [5, 5.41) is 0. The van der Waals surface area contributed by atoms with Gasteiger partial charge in [-0.3, -0.25) is 4.90 Å². The monoisotopic (exact) mass is 386 g/mol. The van der Waals surface area contributed by atoms with Crippen LogP contribution in [0.2, 0.25) is 0 Å². The number of likely N-dealkylation sites (tertiary alicyclic amines) is 1. The molecule has 1 spiro atoms. The Morgan fingerprint density at radius 3 is 2.71 bits per heavy atom. The molecule has 5 rings (SSSR count). The number of ether oxygens (including phenoxy) is 1. The first kappa shape index (κ1) is 17.2. The quantitative estimate of drug-likeness (QED) is 0.756. The van der Waals surface area contributed by atoms with Crippen molar-refractivity contribution in [1.82, 2.24) is 9.88 Å². The maximum atomic E-state index is 13.9. The summed E-state index contributed by atoms with van der Waals surface area (Å²) in [5.74, 6) is -0.419. The number of fused-ring (bicyclic) bond motifs is 1. The average molecular weight is 386 g/mol. The first-order valence-electron chi connectivity index (χ1n) is 9.30. The molecule has 2 saturated heterocycles. The second-order valence-electron chi connectivity index (χ2n) is 7.92. The number of benzene rings is 1. The van der Waals surface area contributed by atoms with Crippen LogP contribution in [0.5, 0.6) is 5.75 Å². The number of hydrogen-bond donors (Lipinski definition) is 0. The molecule has 2 fully saturated rings. The maximum Gasteiger partial charge on any atom is 0.324 e. The fourth-order valence-electron chi connectivity index (χ4n) is 4.35. The van der Waals surface area contributed by atoms with E-state index >= 15 is 0 Å². The van der Waals surface area contributed by atoms with Crippen molar-refractivity contribution >= 4 is 17.5 Å². The second-order valence-corrected chi connectivity index (χ2v) is 7.92. The van der Waals surface area contributed by atoms with Gasteiger partial charge in [0.15, 0.2) is 11.6 Å². The molecule has 3 aliphatic heterocycles. The number of amides is 2. The lowest BCUT2D eigenvalue weighted by atomic mass is 9.73. The van der Waals surface area contributed by atoms with Crippen molar-refractivity contribution in [1.29, 1.82) is 0 Å². The third-order valence-corrected chi connectivity index (χ3v) is 5.67. The first-order chi connectivity index (χ1) is 13.4. The van der Waals surface area contributed by atoms with Crippen LogP contribution in [0.4, 0.5) is 25.1 Å².